The molecule has 0 fully saturated rings. The molecule has 6 rings (SSSR count). The molecule has 0 bridgehead atoms. The smallest absolute Gasteiger partial charge is 0.201 e. The molecular weight excluding hydrogens is 643 g/mol. The molecule has 3 heteroatoms. The molecule has 3 aromatic heterocycles. The molecule has 3 nitrogen and oxygen atoms in total. The van der Waals surface area contributed by atoms with E-state index in [2.05, 4.69) is 0 Å². The van der Waals surface area contributed by atoms with E-state index in [-0.39, 0.29) is 11.1 Å². The summed E-state index contributed by atoms with van der Waals surface area (Å²) in [6.07, 6.45) is 3.60. The third kappa shape index (κ3) is 10.6. The number of hydrogen-bond donors (Lipinski definition) is 0. The van der Waals surface area contributed by atoms with Crippen molar-refractivity contribution in [2.45, 2.75) is 94.0 Å². The van der Waals surface area contributed by atoms with Crippen LogP contribution in [0, 0.1) is 41.3 Å². The van der Waals surface area contributed by atoms with Gasteiger partial charge in [0.05, 0.1) is 0 Å². The van der Waals surface area contributed by atoms with E-state index >= 15 is 0 Å². The number of pyridine rings is 3. The summed E-state index contributed by atoms with van der Waals surface area (Å²) in [5.74, 6) is -3.40. The number of aryl methyl sites for hydroxylation is 10. The van der Waals surface area contributed by atoms with Crippen LogP contribution in [-0.4, -0.2) is 0 Å². The standard InChI is InChI=1S/2C17H22N.C16H20N/c1-12(2)15-7-8-16(14(4)10-15)17-9-6-13(3)11-18(17)5;1-12(2)15-7-9-17(18(5)11-15)16-8-6-13(3)10-14(16)4;1-5-14-7-9-16(17(4)11-14)15-8-6-12(2)10-13(15)3/h2*6-12H,1-5H3;6-11H,5H2,1-4H3/q3*+1/i2*1D3,3D3,12D;2D3,5D2. The van der Waals surface area contributed by atoms with Gasteiger partial charge in [0, 0.05) is 77.6 Å². The van der Waals surface area contributed by atoms with E-state index in [4.69, 9.17) is 26.0 Å². The normalized spacial score (nSPS) is 19.8. The van der Waals surface area contributed by atoms with Crippen LogP contribution in [0.4, 0.5) is 0 Å². The van der Waals surface area contributed by atoms with Gasteiger partial charge in [0.15, 0.2) is 18.6 Å². The largest absolute Gasteiger partial charge is 0.212 e. The Morgan fingerprint density at radius 3 is 1.42 bits per heavy atom. The Morgan fingerprint density at radius 1 is 0.528 bits per heavy atom. The van der Waals surface area contributed by atoms with Gasteiger partial charge in [0.1, 0.15) is 21.1 Å². The summed E-state index contributed by atoms with van der Waals surface area (Å²) >= 11 is 0. The van der Waals surface area contributed by atoms with Gasteiger partial charge in [-0.2, -0.15) is 0 Å². The Hall–Kier alpha value is -4.89. The first-order valence-corrected chi connectivity index (χ1v) is 17.3. The molecule has 0 aliphatic heterocycles. The van der Waals surface area contributed by atoms with Crippen molar-refractivity contribution in [2.75, 3.05) is 0 Å². The third-order valence-electron chi connectivity index (χ3n) is 9.06. The Bertz CT molecular complexity index is 2700. The summed E-state index contributed by atoms with van der Waals surface area (Å²) in [7, 11) is 5.42. The molecule has 0 saturated heterocycles. The van der Waals surface area contributed by atoms with Crippen LogP contribution < -0.4 is 13.7 Å². The van der Waals surface area contributed by atoms with Crippen molar-refractivity contribution in [1.29, 1.82) is 0 Å². The van der Waals surface area contributed by atoms with Crippen LogP contribution in [0.15, 0.2) is 110 Å². The quantitative estimate of drug-likeness (QED) is 0.152. The molecule has 0 aliphatic carbocycles. The molecule has 276 valence electrons. The second kappa shape index (κ2) is 18.2. The first-order valence-electron chi connectivity index (χ1n) is 26.8. The molecule has 0 amide bonds. The fourth-order valence-corrected chi connectivity index (χ4v) is 6.12. The van der Waals surface area contributed by atoms with Gasteiger partial charge in [-0.05, 0) is 118 Å². The van der Waals surface area contributed by atoms with Crippen LogP contribution in [0.25, 0.3) is 33.8 Å². The van der Waals surface area contributed by atoms with Gasteiger partial charge in [-0.15, -0.1) is 0 Å². The fraction of sp³-hybridized carbons (Fsp3) is 0.340. The molecule has 0 radical (unpaired) electrons. The van der Waals surface area contributed by atoms with Crippen LogP contribution >= 0.6 is 0 Å². The van der Waals surface area contributed by atoms with Crippen molar-refractivity contribution in [3.05, 3.63) is 160 Å². The zero-order valence-electron chi connectivity index (χ0n) is 51.2. The molecule has 0 N–H and O–H groups in total. The molecule has 0 saturated carbocycles. The number of hydrogen-bond acceptors (Lipinski definition) is 0. The summed E-state index contributed by atoms with van der Waals surface area (Å²) in [6.45, 7) is -1.40. The maximum atomic E-state index is 8.20. The zero-order valence-corrected chi connectivity index (χ0v) is 32.2. The lowest BCUT2D eigenvalue weighted by Gasteiger charge is -2.10. The van der Waals surface area contributed by atoms with Crippen molar-refractivity contribution in [2.24, 2.45) is 21.1 Å². The van der Waals surface area contributed by atoms with Gasteiger partial charge in [-0.1, -0.05) is 82.0 Å². The second-order valence-corrected chi connectivity index (χ2v) is 13.3. The minimum atomic E-state index is -2.43. The van der Waals surface area contributed by atoms with Gasteiger partial charge in [-0.25, -0.2) is 13.7 Å². The maximum absolute atomic E-state index is 8.20. The average molecular weight is 726 g/mol. The van der Waals surface area contributed by atoms with Crippen molar-refractivity contribution in [3.8, 4) is 33.8 Å². The van der Waals surface area contributed by atoms with Gasteiger partial charge >= 0.3 is 0 Å². The maximum Gasteiger partial charge on any atom is 0.212 e. The van der Waals surface area contributed by atoms with Crippen LogP contribution in [0.5, 0.6) is 0 Å². The zero-order chi connectivity index (χ0) is 55.1. The summed E-state index contributed by atoms with van der Waals surface area (Å²) in [6, 6.07) is 25.6. The van der Waals surface area contributed by atoms with Crippen molar-refractivity contribution in [3.63, 3.8) is 0 Å². The van der Waals surface area contributed by atoms with Gasteiger partial charge < -0.3 is 0 Å². The first-order chi connectivity index (χ1) is 32.5. The molecule has 2 atom stereocenters. The Balaban J connectivity index is 0.000000235. The number of aromatic nitrogens is 3. The van der Waals surface area contributed by atoms with Crippen molar-refractivity contribution < 1.29 is 39.7 Å². The molecule has 3 aromatic carbocycles. The third-order valence-corrected chi connectivity index (χ3v) is 9.06. The lowest BCUT2D eigenvalue weighted by atomic mass is 9.96. The molecular formula is C50H64N3+3. The predicted octanol–water partition coefficient (Wildman–Crippen LogP) is 11.2. The molecule has 3 heterocycles. The number of rotatable bonds is 6. The van der Waals surface area contributed by atoms with Crippen molar-refractivity contribution >= 4 is 0 Å². The minimum absolute atomic E-state index is 0.258. The lowest BCUT2D eigenvalue weighted by molar-refractivity contribution is -0.661. The van der Waals surface area contributed by atoms with Gasteiger partial charge in [0.25, 0.3) is 0 Å². The van der Waals surface area contributed by atoms with Crippen LogP contribution in [0.1, 0.15) is 122 Å². The Kier molecular flexibility index (Phi) is 7.47. The highest BCUT2D eigenvalue weighted by Crippen LogP contribution is 2.26. The van der Waals surface area contributed by atoms with E-state index in [0.717, 1.165) is 50.5 Å². The average Bonchev–Trinajstić information content (AvgIpc) is 3.22. The van der Waals surface area contributed by atoms with E-state index in [1.165, 1.54) is 20.8 Å². The molecule has 0 aliphatic rings. The number of benzene rings is 3. The van der Waals surface area contributed by atoms with E-state index in [1.54, 1.807) is 121 Å². The highest BCUT2D eigenvalue weighted by molar-refractivity contribution is 5.63. The van der Waals surface area contributed by atoms with Crippen molar-refractivity contribution in [1.82, 2.24) is 0 Å². The van der Waals surface area contributed by atoms with E-state index in [9.17, 15) is 0 Å². The fourth-order valence-electron chi connectivity index (χ4n) is 6.12. The molecule has 2 unspecified atom stereocenters. The second-order valence-electron chi connectivity index (χ2n) is 13.3. The van der Waals surface area contributed by atoms with E-state index < -0.39 is 52.4 Å². The molecule has 53 heavy (non-hydrogen) atoms. The van der Waals surface area contributed by atoms with Gasteiger partial charge in [-0.3, -0.25) is 0 Å². The predicted molar refractivity (Wildman–Crippen MR) is 225 cm³/mol. The van der Waals surface area contributed by atoms with Crippen LogP contribution in [-0.2, 0) is 27.5 Å². The highest BCUT2D eigenvalue weighted by Gasteiger charge is 2.16. The summed E-state index contributed by atoms with van der Waals surface area (Å²) in [4.78, 5) is 0. The summed E-state index contributed by atoms with van der Waals surface area (Å²) in [5, 5.41) is 0. The minimum Gasteiger partial charge on any atom is -0.201 e. The first kappa shape index (κ1) is 21.7. The highest BCUT2D eigenvalue weighted by atomic mass is 14.9. The van der Waals surface area contributed by atoms with Crippen LogP contribution in [0.3, 0.4) is 0 Å². The topological polar surface area (TPSA) is 11.6 Å². The van der Waals surface area contributed by atoms with E-state index in [0.29, 0.717) is 22.3 Å². The summed E-state index contributed by atoms with van der Waals surface area (Å²) < 4.78 is 150. The Morgan fingerprint density at radius 2 is 0.962 bits per heavy atom. The molecule has 0 spiro atoms. The van der Waals surface area contributed by atoms with Crippen LogP contribution in [0.2, 0.25) is 0 Å². The SMILES string of the molecule is [2H]C([2H])([2H])c1ccc(-c2ccc(C([2H])(C)C([2H])([2H])[2H])c[n+]2C)c(C)c1.[2H]C([2H])([2H])c1ccc(-c2ccc(C([2H])(C)C([2H])([2H])[2H])cc2C)[n+](C)c1.[2H]C([2H])([2H])c1ccc(-c2ccc(C([2H])([2H])C)c[n+]2C)c(C)c1. The van der Waals surface area contributed by atoms with E-state index in [1.807, 2.05) is 44.5 Å². The number of nitrogens with zero attached hydrogens (tertiary/aromatic N) is 3. The summed E-state index contributed by atoms with van der Waals surface area (Å²) in [5.41, 5.74) is 10.1. The molecule has 6 aromatic rings. The van der Waals surface area contributed by atoms with Gasteiger partial charge in [0.2, 0.25) is 17.1 Å². The lowest BCUT2D eigenvalue weighted by Crippen LogP contribution is -2.31. The monoisotopic (exact) mass is 726 g/mol. The Labute approximate surface area is 348 Å².